The molecule has 19 heavy (non-hydrogen) atoms. The molecular weight excluding hydrogens is 236 g/mol. The Bertz CT molecular complexity index is 180. The molecule has 0 aromatic rings. The van der Waals surface area contributed by atoms with Crippen LogP contribution in [0.4, 0.5) is 0 Å². The molecule has 0 aliphatic heterocycles. The van der Waals surface area contributed by atoms with Crippen LogP contribution in [0.3, 0.4) is 0 Å². The van der Waals surface area contributed by atoms with Gasteiger partial charge in [-0.25, -0.2) is 0 Å². The summed E-state index contributed by atoms with van der Waals surface area (Å²) in [7, 11) is 3.64. The quantitative estimate of drug-likeness (QED) is 0.443. The Morgan fingerprint density at radius 1 is 0.789 bits per heavy atom. The van der Waals surface area contributed by atoms with Crippen LogP contribution in [0.1, 0.15) is 65.7 Å². The first-order valence-corrected chi connectivity index (χ1v) is 8.13. The fourth-order valence-corrected chi connectivity index (χ4v) is 2.90. The van der Waals surface area contributed by atoms with Gasteiger partial charge in [-0.3, -0.25) is 0 Å². The van der Waals surface area contributed by atoms with Gasteiger partial charge in [-0.1, -0.05) is 52.9 Å². The topological polar surface area (TPSA) is 18.5 Å². The number of hydrogen-bond acceptors (Lipinski definition) is 2. The van der Waals surface area contributed by atoms with Crippen LogP contribution in [0.25, 0.3) is 0 Å². The molecule has 2 unspecified atom stereocenters. The first kappa shape index (κ1) is 18.9. The summed E-state index contributed by atoms with van der Waals surface area (Å²) in [6, 6.07) is 0. The number of ether oxygens (including phenoxy) is 2. The SMILES string of the molecule is CCCCCCCC(COC)C(COC)CC(C)C. The van der Waals surface area contributed by atoms with E-state index in [1.54, 1.807) is 0 Å². The van der Waals surface area contributed by atoms with Crippen molar-refractivity contribution in [2.45, 2.75) is 65.7 Å². The highest BCUT2D eigenvalue weighted by molar-refractivity contribution is 4.71. The average Bonchev–Trinajstić information content (AvgIpc) is 2.36. The Hall–Kier alpha value is -0.0800. The van der Waals surface area contributed by atoms with Gasteiger partial charge in [0, 0.05) is 27.4 Å². The minimum Gasteiger partial charge on any atom is -0.384 e. The lowest BCUT2D eigenvalue weighted by Gasteiger charge is -2.27. The monoisotopic (exact) mass is 272 g/mol. The van der Waals surface area contributed by atoms with Crippen LogP contribution in [0.5, 0.6) is 0 Å². The Morgan fingerprint density at radius 2 is 1.37 bits per heavy atom. The zero-order valence-corrected chi connectivity index (χ0v) is 13.9. The maximum atomic E-state index is 5.44. The minimum atomic E-state index is 0.649. The van der Waals surface area contributed by atoms with Crippen LogP contribution in [-0.4, -0.2) is 27.4 Å². The van der Waals surface area contributed by atoms with E-state index in [4.69, 9.17) is 9.47 Å². The Labute approximate surface area is 121 Å². The van der Waals surface area contributed by atoms with Crippen LogP contribution in [0, 0.1) is 17.8 Å². The normalized spacial score (nSPS) is 14.8. The fraction of sp³-hybridized carbons (Fsp3) is 1.00. The van der Waals surface area contributed by atoms with Crippen molar-refractivity contribution in [2.24, 2.45) is 17.8 Å². The van der Waals surface area contributed by atoms with Crippen LogP contribution < -0.4 is 0 Å². The maximum Gasteiger partial charge on any atom is 0.0494 e. The second kappa shape index (κ2) is 12.9. The smallest absolute Gasteiger partial charge is 0.0494 e. The lowest BCUT2D eigenvalue weighted by atomic mass is 9.83. The molecule has 0 spiro atoms. The van der Waals surface area contributed by atoms with Crippen LogP contribution in [0.15, 0.2) is 0 Å². The predicted octanol–water partition coefficient (Wildman–Crippen LogP) is 4.92. The van der Waals surface area contributed by atoms with Gasteiger partial charge >= 0.3 is 0 Å². The molecule has 0 radical (unpaired) electrons. The fourth-order valence-electron chi connectivity index (χ4n) is 2.90. The Kier molecular flexibility index (Phi) is 12.9. The molecule has 2 atom stereocenters. The molecule has 0 saturated heterocycles. The zero-order valence-electron chi connectivity index (χ0n) is 13.9. The average molecular weight is 272 g/mol. The molecule has 0 aromatic heterocycles. The van der Waals surface area contributed by atoms with Gasteiger partial charge in [0.1, 0.15) is 0 Å². The van der Waals surface area contributed by atoms with E-state index in [0.29, 0.717) is 11.8 Å². The van der Waals surface area contributed by atoms with Crippen molar-refractivity contribution in [1.82, 2.24) is 0 Å². The van der Waals surface area contributed by atoms with Crippen molar-refractivity contribution in [3.05, 3.63) is 0 Å². The third-order valence-electron chi connectivity index (χ3n) is 3.88. The highest BCUT2D eigenvalue weighted by atomic mass is 16.5. The van der Waals surface area contributed by atoms with E-state index in [1.807, 2.05) is 14.2 Å². The van der Waals surface area contributed by atoms with Gasteiger partial charge in [-0.15, -0.1) is 0 Å². The van der Waals surface area contributed by atoms with Crippen molar-refractivity contribution < 1.29 is 9.47 Å². The number of methoxy groups -OCH3 is 2. The largest absolute Gasteiger partial charge is 0.384 e. The minimum absolute atomic E-state index is 0.649. The van der Waals surface area contributed by atoms with E-state index in [1.165, 1.54) is 44.9 Å². The molecule has 2 nitrogen and oxygen atoms in total. The maximum absolute atomic E-state index is 5.44. The van der Waals surface area contributed by atoms with Gasteiger partial charge in [0.25, 0.3) is 0 Å². The molecule has 0 fully saturated rings. The molecule has 116 valence electrons. The van der Waals surface area contributed by atoms with Crippen molar-refractivity contribution >= 4 is 0 Å². The summed E-state index contributed by atoms with van der Waals surface area (Å²) in [5.41, 5.74) is 0. The van der Waals surface area contributed by atoms with Gasteiger partial charge in [0.2, 0.25) is 0 Å². The molecule has 0 saturated carbocycles. The van der Waals surface area contributed by atoms with Gasteiger partial charge in [-0.05, 0) is 30.6 Å². The first-order valence-electron chi connectivity index (χ1n) is 8.13. The van der Waals surface area contributed by atoms with E-state index < -0.39 is 0 Å². The van der Waals surface area contributed by atoms with E-state index >= 15 is 0 Å². The van der Waals surface area contributed by atoms with Crippen LogP contribution >= 0.6 is 0 Å². The molecule has 0 aromatic carbocycles. The van der Waals surface area contributed by atoms with Gasteiger partial charge in [0.05, 0.1) is 0 Å². The summed E-state index contributed by atoms with van der Waals surface area (Å²) in [5.74, 6) is 2.05. The first-order chi connectivity index (χ1) is 9.15. The summed E-state index contributed by atoms with van der Waals surface area (Å²) in [6.45, 7) is 8.63. The molecule has 0 aliphatic rings. The number of unbranched alkanes of at least 4 members (excludes halogenated alkanes) is 4. The van der Waals surface area contributed by atoms with Gasteiger partial charge in [-0.2, -0.15) is 0 Å². The molecule has 0 bridgehead atoms. The van der Waals surface area contributed by atoms with Crippen LogP contribution in [0.2, 0.25) is 0 Å². The molecule has 0 heterocycles. The summed E-state index contributed by atoms with van der Waals surface area (Å²) in [4.78, 5) is 0. The summed E-state index contributed by atoms with van der Waals surface area (Å²) in [5, 5.41) is 0. The van der Waals surface area contributed by atoms with E-state index in [9.17, 15) is 0 Å². The lowest BCUT2D eigenvalue weighted by molar-refractivity contribution is 0.0548. The molecule has 2 heteroatoms. The molecular formula is C17H36O2. The van der Waals surface area contributed by atoms with Crippen LogP contribution in [-0.2, 0) is 9.47 Å². The summed E-state index contributed by atoms with van der Waals surface area (Å²) < 4.78 is 10.9. The van der Waals surface area contributed by atoms with Crippen molar-refractivity contribution in [2.75, 3.05) is 27.4 Å². The van der Waals surface area contributed by atoms with Crippen molar-refractivity contribution in [3.8, 4) is 0 Å². The van der Waals surface area contributed by atoms with Gasteiger partial charge in [0.15, 0.2) is 0 Å². The second-order valence-electron chi connectivity index (χ2n) is 6.26. The summed E-state index contributed by atoms with van der Waals surface area (Å²) >= 11 is 0. The standard InChI is InChI=1S/C17H36O2/c1-6-7-8-9-10-11-16(13-18-4)17(14-19-5)12-15(2)3/h15-17H,6-14H2,1-5H3. The third-order valence-corrected chi connectivity index (χ3v) is 3.88. The predicted molar refractivity (Wildman–Crippen MR) is 83.6 cm³/mol. The molecule has 0 amide bonds. The highest BCUT2D eigenvalue weighted by Gasteiger charge is 2.22. The van der Waals surface area contributed by atoms with E-state index in [-0.39, 0.29) is 0 Å². The molecule has 0 rings (SSSR count). The zero-order chi connectivity index (χ0) is 14.5. The number of hydrogen-bond donors (Lipinski definition) is 0. The third kappa shape index (κ3) is 10.4. The second-order valence-corrected chi connectivity index (χ2v) is 6.26. The lowest BCUT2D eigenvalue weighted by Crippen LogP contribution is -2.25. The molecule has 0 N–H and O–H groups in total. The Morgan fingerprint density at radius 3 is 1.89 bits per heavy atom. The summed E-state index contributed by atoms with van der Waals surface area (Å²) in [6.07, 6.45) is 9.33. The van der Waals surface area contributed by atoms with Crippen molar-refractivity contribution in [3.63, 3.8) is 0 Å². The number of rotatable bonds is 13. The molecule has 0 aliphatic carbocycles. The van der Waals surface area contributed by atoms with E-state index in [0.717, 1.165) is 19.1 Å². The van der Waals surface area contributed by atoms with Crippen molar-refractivity contribution in [1.29, 1.82) is 0 Å². The van der Waals surface area contributed by atoms with E-state index in [2.05, 4.69) is 20.8 Å². The Balaban J connectivity index is 4.14. The van der Waals surface area contributed by atoms with Gasteiger partial charge < -0.3 is 9.47 Å². The highest BCUT2D eigenvalue weighted by Crippen LogP contribution is 2.26.